The Bertz CT molecular complexity index is 187. The zero-order chi connectivity index (χ0) is 5.54. The van der Waals surface area contributed by atoms with Crippen LogP contribution in [0.5, 0.6) is 0 Å². The van der Waals surface area contributed by atoms with Gasteiger partial charge in [-0.05, 0) is 17.0 Å². The summed E-state index contributed by atoms with van der Waals surface area (Å²) in [6, 6.07) is 0. The van der Waals surface area contributed by atoms with Crippen LogP contribution in [0.15, 0.2) is 23.8 Å². The molecule has 0 aromatic rings. The van der Waals surface area contributed by atoms with Gasteiger partial charge >= 0.3 is 5.87 Å². The monoisotopic (exact) mass is 90.0 g/mol. The highest BCUT2D eigenvalue weighted by molar-refractivity contribution is 5.51. The summed E-state index contributed by atoms with van der Waals surface area (Å²) < 4.78 is 3.23. The van der Waals surface area contributed by atoms with Gasteiger partial charge in [-0.1, -0.05) is 5.73 Å². The van der Waals surface area contributed by atoms with E-state index in [4.69, 9.17) is 0 Å². The molecule has 0 aliphatic carbocycles. The zero-order valence-corrected chi connectivity index (χ0v) is 3.86. The highest BCUT2D eigenvalue weighted by Gasteiger charge is 1.44. The molecule has 0 aliphatic heterocycles. The third kappa shape index (κ3) is 4.57. The Morgan fingerprint density at radius 1 is 1.29 bits per heavy atom. The summed E-state index contributed by atoms with van der Waals surface area (Å²) >= 11 is 0. The van der Waals surface area contributed by atoms with Crippen molar-refractivity contribution in [2.45, 2.75) is 0 Å². The van der Waals surface area contributed by atoms with Crippen LogP contribution in [-0.2, 0) is 0 Å². The minimum atomic E-state index is 2.30. The van der Waals surface area contributed by atoms with Crippen molar-refractivity contribution < 1.29 is 0 Å². The molecule has 0 heterocycles. The Labute approximate surface area is 42.0 Å². The van der Waals surface area contributed by atoms with Crippen LogP contribution in [0.25, 0.3) is 0 Å². The van der Waals surface area contributed by atoms with Gasteiger partial charge in [0.2, 0.25) is 0 Å². The van der Waals surface area contributed by atoms with E-state index < -0.39 is 0 Å². The van der Waals surface area contributed by atoms with Gasteiger partial charge in [-0.3, -0.25) is 0 Å². The minimum absolute atomic E-state index is 2.30. The molecule has 0 fully saturated rings. The fraction of sp³-hybridized carbons (Fsp3) is 0. The smallest absolute Gasteiger partial charge is 0.0684 e. The molecule has 7 heavy (non-hydrogen) atoms. The molecule has 0 unspecified atom stereocenters. The molecule has 0 amide bonds. The van der Waals surface area contributed by atoms with E-state index in [-0.39, 0.29) is 0 Å². The van der Waals surface area contributed by atoms with Crippen LogP contribution in [0.4, 0.5) is 0 Å². The van der Waals surface area contributed by atoms with Gasteiger partial charge in [-0.25, -0.2) is 0 Å². The van der Waals surface area contributed by atoms with Crippen LogP contribution in [0.2, 0.25) is 0 Å². The number of hydrogen-bond acceptors (Lipinski definition) is 0. The van der Waals surface area contributed by atoms with E-state index >= 15 is 0 Å². The van der Waals surface area contributed by atoms with Crippen LogP contribution in [0, 0.1) is 0 Å². The Balaban J connectivity index is 4.89. The SMILES string of the molecule is C=C=C=C=C=[N+]=C. The molecule has 0 atom stereocenters. The largest absolute Gasteiger partial charge is 0.374 e. The lowest BCUT2D eigenvalue weighted by Crippen LogP contribution is -1.50. The van der Waals surface area contributed by atoms with Gasteiger partial charge in [-0.15, -0.1) is 0 Å². The Morgan fingerprint density at radius 2 is 2.00 bits per heavy atom. The molecule has 1 heteroatoms. The lowest BCUT2D eigenvalue weighted by molar-refractivity contribution is 1.80. The fourth-order valence-corrected chi connectivity index (χ4v) is 0.112. The highest BCUT2D eigenvalue weighted by atomic mass is 14.4. The first-order chi connectivity index (χ1) is 3.41. The maximum absolute atomic E-state index is 3.23. The molecule has 0 aliphatic rings. The minimum Gasteiger partial charge on any atom is -0.0684 e. The van der Waals surface area contributed by atoms with Gasteiger partial charge in [-0.2, -0.15) is 0 Å². The van der Waals surface area contributed by atoms with E-state index in [1.54, 1.807) is 0 Å². The Hall–Kier alpha value is -1.43. The van der Waals surface area contributed by atoms with Gasteiger partial charge < -0.3 is 0 Å². The first-order valence-electron chi connectivity index (χ1n) is 1.64. The molecule has 0 radical (unpaired) electrons. The predicted molar refractivity (Wildman–Crippen MR) is 30.4 cm³/mol. The van der Waals surface area contributed by atoms with E-state index in [2.05, 4.69) is 41.0 Å². The second-order valence-electron chi connectivity index (χ2n) is 0.697. The normalized spacial score (nSPS) is 3.43. The van der Waals surface area contributed by atoms with Gasteiger partial charge in [0.15, 0.2) is 0 Å². The molecule has 1 nitrogen and oxygen atoms in total. The van der Waals surface area contributed by atoms with Gasteiger partial charge in [0.25, 0.3) is 6.72 Å². The van der Waals surface area contributed by atoms with Crippen molar-refractivity contribution >= 4 is 12.6 Å². The van der Waals surface area contributed by atoms with E-state index in [0.29, 0.717) is 0 Å². The average Bonchev–Trinajstić information content (AvgIpc) is 1.69. The molecule has 0 rings (SSSR count). The first kappa shape index (κ1) is 5.57. The van der Waals surface area contributed by atoms with Crippen LogP contribution < -0.4 is 4.67 Å². The third-order valence-electron chi connectivity index (χ3n) is 0.286. The lowest BCUT2D eigenvalue weighted by atomic mass is 10.8. The Morgan fingerprint density at radius 3 is 2.43 bits per heavy atom. The van der Waals surface area contributed by atoms with Crippen molar-refractivity contribution in [2.75, 3.05) is 0 Å². The third-order valence-corrected chi connectivity index (χ3v) is 0.286. The average molecular weight is 90.1 g/mol. The van der Waals surface area contributed by atoms with Crippen molar-refractivity contribution in [3.8, 4) is 0 Å². The molecule has 0 aromatic carbocycles. The van der Waals surface area contributed by atoms with Crippen molar-refractivity contribution in [2.24, 2.45) is 0 Å². The van der Waals surface area contributed by atoms with Crippen LogP contribution in [0.3, 0.4) is 0 Å². The number of hydrogen-bond donors (Lipinski definition) is 0. The molecule has 0 aromatic heterocycles. The van der Waals surface area contributed by atoms with Gasteiger partial charge in [0, 0.05) is 0 Å². The molecule has 0 spiro atoms. The summed E-state index contributed by atoms with van der Waals surface area (Å²) in [7, 11) is 0. The summed E-state index contributed by atoms with van der Waals surface area (Å²) in [6.07, 6.45) is 0. The Kier molecular flexibility index (Phi) is 3.64. The molecule has 0 N–H and O–H groups in total. The van der Waals surface area contributed by atoms with Crippen molar-refractivity contribution in [3.05, 3.63) is 23.8 Å². The van der Waals surface area contributed by atoms with Crippen molar-refractivity contribution in [3.63, 3.8) is 0 Å². The second kappa shape index (κ2) is 4.57. The second-order valence-corrected chi connectivity index (χ2v) is 0.697. The van der Waals surface area contributed by atoms with Crippen molar-refractivity contribution in [1.29, 1.82) is 0 Å². The van der Waals surface area contributed by atoms with E-state index in [0.717, 1.165) is 0 Å². The highest BCUT2D eigenvalue weighted by Crippen LogP contribution is 1.37. The lowest BCUT2D eigenvalue weighted by Gasteiger charge is -1.25. The molecule has 0 bridgehead atoms. The van der Waals surface area contributed by atoms with E-state index in [1.807, 2.05) is 0 Å². The van der Waals surface area contributed by atoms with Gasteiger partial charge in [0.05, 0.1) is 5.73 Å². The summed E-state index contributed by atoms with van der Waals surface area (Å²) in [5, 5.41) is 0. The summed E-state index contributed by atoms with van der Waals surface area (Å²) in [5.41, 5.74) is 7.12. The van der Waals surface area contributed by atoms with E-state index in [1.165, 1.54) is 0 Å². The molecular formula is C6H4N+. The molecule has 32 valence electrons. The molecular weight excluding hydrogens is 86.1 g/mol. The van der Waals surface area contributed by atoms with Crippen LogP contribution in [0.1, 0.15) is 0 Å². The van der Waals surface area contributed by atoms with Crippen molar-refractivity contribution in [1.82, 2.24) is 4.67 Å². The maximum Gasteiger partial charge on any atom is 0.374 e. The molecule has 0 saturated heterocycles. The maximum atomic E-state index is 3.23. The van der Waals surface area contributed by atoms with Gasteiger partial charge in [0.1, 0.15) is 0 Å². The standard InChI is InChI=1S/C6H4N/c1-3-4-5-6-7-2/h1-2H2/q+1. The van der Waals surface area contributed by atoms with Crippen LogP contribution >= 0.6 is 0 Å². The summed E-state index contributed by atoms with van der Waals surface area (Å²) in [5.74, 6) is 2.30. The fourth-order valence-electron chi connectivity index (χ4n) is 0.112. The first-order valence-corrected chi connectivity index (χ1v) is 1.64. The van der Waals surface area contributed by atoms with E-state index in [9.17, 15) is 0 Å². The quantitative estimate of drug-likeness (QED) is 0.227. The molecule has 0 saturated carbocycles. The summed E-state index contributed by atoms with van der Waals surface area (Å²) in [4.78, 5) is 0. The topological polar surface area (TPSA) is 14.1 Å². The summed E-state index contributed by atoms with van der Waals surface area (Å²) in [6.45, 7) is 6.35. The predicted octanol–water partition coefficient (Wildman–Crippen LogP) is 0.0752. The number of rotatable bonds is 0. The zero-order valence-electron chi connectivity index (χ0n) is 3.86. The van der Waals surface area contributed by atoms with Crippen LogP contribution in [-0.4, -0.2) is 12.6 Å². The number of nitrogens with zero attached hydrogens (tertiary/aromatic N) is 1.